The number of carboxylic acid groups (broad SMARTS) is 1. The minimum absolute atomic E-state index is 0.0363. The summed E-state index contributed by atoms with van der Waals surface area (Å²) in [6.07, 6.45) is 0.0363. The number of halogens is 1. The molecule has 0 fully saturated rings. The van der Waals surface area contributed by atoms with Gasteiger partial charge in [-0.2, -0.15) is 0 Å². The van der Waals surface area contributed by atoms with Crippen molar-refractivity contribution in [3.63, 3.8) is 0 Å². The van der Waals surface area contributed by atoms with E-state index in [0.717, 1.165) is 11.1 Å². The lowest BCUT2D eigenvalue weighted by Crippen LogP contribution is -2.50. The highest BCUT2D eigenvalue weighted by Crippen LogP contribution is 2.29. The van der Waals surface area contributed by atoms with Crippen LogP contribution in [0, 0.1) is 0 Å². The van der Waals surface area contributed by atoms with Gasteiger partial charge in [0.2, 0.25) is 0 Å². The Morgan fingerprint density at radius 1 is 1.00 bits per heavy atom. The Balaban J connectivity index is 1.45. The summed E-state index contributed by atoms with van der Waals surface area (Å²) in [4.78, 5) is 35.9. The van der Waals surface area contributed by atoms with Crippen molar-refractivity contribution in [2.24, 2.45) is 0 Å². The number of rotatable bonds is 8. The molecular formula is C26H19ClNO6-. The predicted molar refractivity (Wildman–Crippen MR) is 126 cm³/mol. The molecule has 0 saturated heterocycles. The number of hydrogen-bond acceptors (Lipinski definition) is 6. The number of amides is 1. The van der Waals surface area contributed by atoms with E-state index in [-0.39, 0.29) is 6.42 Å². The number of carbonyl (C=O) groups excluding carboxylic acids is 2. The average molecular weight is 477 g/mol. The third kappa shape index (κ3) is 5.63. The molecule has 1 heterocycles. The molecule has 0 radical (unpaired) electrons. The molecule has 0 aliphatic carbocycles. The van der Waals surface area contributed by atoms with Crippen molar-refractivity contribution in [2.45, 2.75) is 12.5 Å². The molecule has 4 rings (SSSR count). The van der Waals surface area contributed by atoms with E-state index in [9.17, 15) is 19.5 Å². The molecular weight excluding hydrogens is 458 g/mol. The molecule has 172 valence electrons. The molecule has 7 nitrogen and oxygen atoms in total. The van der Waals surface area contributed by atoms with Gasteiger partial charge in [0.15, 0.2) is 6.61 Å². The van der Waals surface area contributed by atoms with Gasteiger partial charge in [0.1, 0.15) is 11.3 Å². The van der Waals surface area contributed by atoms with Gasteiger partial charge in [-0.05, 0) is 47.4 Å². The normalized spacial score (nSPS) is 11.7. The lowest BCUT2D eigenvalue weighted by Gasteiger charge is -2.20. The Kier molecular flexibility index (Phi) is 6.94. The number of fused-ring (bicyclic) bond motifs is 1. The van der Waals surface area contributed by atoms with Gasteiger partial charge in [0, 0.05) is 22.5 Å². The van der Waals surface area contributed by atoms with Crippen LogP contribution in [0.15, 0.2) is 88.1 Å². The second-order valence-electron chi connectivity index (χ2n) is 7.56. The quantitative estimate of drug-likeness (QED) is 0.392. The van der Waals surface area contributed by atoms with Gasteiger partial charge in [-0.25, -0.2) is 4.79 Å². The van der Waals surface area contributed by atoms with Crippen molar-refractivity contribution >= 4 is 34.4 Å². The number of carbonyl (C=O) groups is 2. The van der Waals surface area contributed by atoms with Crippen molar-refractivity contribution in [3.8, 4) is 16.9 Å². The number of hydrogen-bond donors (Lipinski definition) is 1. The summed E-state index contributed by atoms with van der Waals surface area (Å²) < 4.78 is 10.8. The standard InChI is InChI=1S/C26H20ClNO6/c27-18-8-6-16(7-9-18)12-22(26(31)32)28-24(29)15-33-19-10-11-20-21(17-4-2-1-3-5-17)14-25(30)34-23(20)13-19/h1-11,13-14,22H,12,15H2,(H,28,29)(H,31,32)/p-1/t22-/m1/s1. The Hall–Kier alpha value is -4.10. The van der Waals surface area contributed by atoms with Crippen molar-refractivity contribution < 1.29 is 23.8 Å². The molecule has 4 aromatic rings. The van der Waals surface area contributed by atoms with Crippen molar-refractivity contribution in [1.82, 2.24) is 5.32 Å². The summed E-state index contributed by atoms with van der Waals surface area (Å²) in [6.45, 7) is -0.432. The molecule has 8 heteroatoms. The van der Waals surface area contributed by atoms with Crippen LogP contribution in [-0.2, 0) is 16.0 Å². The van der Waals surface area contributed by atoms with Crippen molar-refractivity contribution in [1.29, 1.82) is 0 Å². The Morgan fingerprint density at radius 3 is 2.44 bits per heavy atom. The Labute approximate surface area is 199 Å². The van der Waals surface area contributed by atoms with Crippen LogP contribution >= 0.6 is 11.6 Å². The fraction of sp³-hybridized carbons (Fsp3) is 0.115. The molecule has 1 amide bonds. The Morgan fingerprint density at radius 2 is 1.74 bits per heavy atom. The summed E-state index contributed by atoms with van der Waals surface area (Å²) in [5.74, 6) is -1.76. The number of benzene rings is 3. The van der Waals surface area contributed by atoms with Crippen LogP contribution in [0.4, 0.5) is 0 Å². The first-order valence-corrected chi connectivity index (χ1v) is 10.8. The zero-order chi connectivity index (χ0) is 24.1. The molecule has 0 saturated carbocycles. The second-order valence-corrected chi connectivity index (χ2v) is 8.00. The van der Waals surface area contributed by atoms with Crippen LogP contribution in [0.5, 0.6) is 5.75 Å². The first kappa shape index (κ1) is 23.1. The maximum Gasteiger partial charge on any atom is 0.336 e. The monoisotopic (exact) mass is 476 g/mol. The zero-order valence-electron chi connectivity index (χ0n) is 17.8. The highest BCUT2D eigenvalue weighted by molar-refractivity contribution is 6.30. The number of aliphatic carboxylic acids is 1. The molecule has 34 heavy (non-hydrogen) atoms. The van der Waals surface area contributed by atoms with Gasteiger partial charge in [-0.1, -0.05) is 54.1 Å². The van der Waals surface area contributed by atoms with Gasteiger partial charge in [0.05, 0.1) is 12.0 Å². The van der Waals surface area contributed by atoms with Gasteiger partial charge >= 0.3 is 5.63 Å². The maximum atomic E-state index is 12.3. The number of nitrogens with one attached hydrogen (secondary N) is 1. The second kappa shape index (κ2) is 10.2. The van der Waals surface area contributed by atoms with Crippen molar-refractivity contribution in [3.05, 3.63) is 99.9 Å². The molecule has 0 spiro atoms. The SMILES string of the molecule is O=C(COc1ccc2c(-c3ccccc3)cc(=O)oc2c1)N[C@H](Cc1ccc(Cl)cc1)C(=O)[O-]. The topological polar surface area (TPSA) is 109 Å². The van der Waals surface area contributed by atoms with E-state index in [1.165, 1.54) is 12.1 Å². The molecule has 1 N–H and O–H groups in total. The smallest absolute Gasteiger partial charge is 0.336 e. The van der Waals surface area contributed by atoms with Crippen LogP contribution in [0.1, 0.15) is 5.56 Å². The Bertz CT molecular complexity index is 1380. The van der Waals surface area contributed by atoms with E-state index in [1.807, 2.05) is 30.3 Å². The molecule has 0 bridgehead atoms. The highest BCUT2D eigenvalue weighted by Gasteiger charge is 2.15. The molecule has 0 aliphatic heterocycles. The molecule has 3 aromatic carbocycles. The van der Waals surface area contributed by atoms with Crippen molar-refractivity contribution in [2.75, 3.05) is 6.61 Å². The first-order chi connectivity index (χ1) is 16.4. The first-order valence-electron chi connectivity index (χ1n) is 10.4. The fourth-order valence-corrected chi connectivity index (χ4v) is 3.65. The van der Waals surface area contributed by atoms with E-state index in [4.69, 9.17) is 20.8 Å². The summed E-state index contributed by atoms with van der Waals surface area (Å²) in [6, 6.07) is 21.1. The lowest BCUT2D eigenvalue weighted by molar-refractivity contribution is -0.308. The highest BCUT2D eigenvalue weighted by atomic mass is 35.5. The average Bonchev–Trinajstić information content (AvgIpc) is 2.83. The summed E-state index contributed by atoms with van der Waals surface area (Å²) >= 11 is 5.84. The molecule has 1 atom stereocenters. The number of carboxylic acids is 1. The fourth-order valence-electron chi connectivity index (χ4n) is 3.52. The largest absolute Gasteiger partial charge is 0.548 e. The van der Waals surface area contributed by atoms with E-state index in [0.29, 0.717) is 27.3 Å². The maximum absolute atomic E-state index is 12.3. The van der Waals surface area contributed by atoms with Crippen LogP contribution in [-0.4, -0.2) is 24.5 Å². The molecule has 1 aromatic heterocycles. The summed E-state index contributed by atoms with van der Waals surface area (Å²) in [5.41, 5.74) is 2.05. The van der Waals surface area contributed by atoms with E-state index in [1.54, 1.807) is 36.4 Å². The van der Waals surface area contributed by atoms with E-state index >= 15 is 0 Å². The summed E-state index contributed by atoms with van der Waals surface area (Å²) in [7, 11) is 0. The van der Waals surface area contributed by atoms with Crippen LogP contribution in [0.3, 0.4) is 0 Å². The minimum atomic E-state index is -1.41. The number of ether oxygens (including phenoxy) is 1. The van der Waals surface area contributed by atoms with Gasteiger partial charge in [0.25, 0.3) is 5.91 Å². The van der Waals surface area contributed by atoms with Crippen LogP contribution in [0.25, 0.3) is 22.1 Å². The third-order valence-electron chi connectivity index (χ3n) is 5.14. The van der Waals surface area contributed by atoms with E-state index < -0.39 is 30.2 Å². The molecule has 0 unspecified atom stereocenters. The van der Waals surface area contributed by atoms with Crippen LogP contribution in [0.2, 0.25) is 5.02 Å². The van der Waals surface area contributed by atoms with Crippen LogP contribution < -0.4 is 20.8 Å². The molecule has 0 aliphatic rings. The minimum Gasteiger partial charge on any atom is -0.548 e. The zero-order valence-corrected chi connectivity index (χ0v) is 18.6. The third-order valence-corrected chi connectivity index (χ3v) is 5.40. The predicted octanol–water partition coefficient (Wildman–Crippen LogP) is 2.97. The lowest BCUT2D eigenvalue weighted by atomic mass is 10.0. The van der Waals surface area contributed by atoms with Gasteiger partial charge < -0.3 is 24.4 Å². The van der Waals surface area contributed by atoms with E-state index in [2.05, 4.69) is 5.32 Å². The van der Waals surface area contributed by atoms with Gasteiger partial charge in [-0.15, -0.1) is 0 Å². The van der Waals surface area contributed by atoms with Gasteiger partial charge in [-0.3, -0.25) is 4.79 Å². The summed E-state index contributed by atoms with van der Waals surface area (Å²) in [5, 5.41) is 15.1.